The Balaban J connectivity index is 1.66. The summed E-state index contributed by atoms with van der Waals surface area (Å²) < 4.78 is 2.66. The van der Waals surface area contributed by atoms with Gasteiger partial charge in [0.15, 0.2) is 0 Å². The summed E-state index contributed by atoms with van der Waals surface area (Å²) in [4.78, 5) is 12.7. The lowest BCUT2D eigenvalue weighted by Gasteiger charge is -2.22. The Morgan fingerprint density at radius 3 is 2.84 bits per heavy atom. The lowest BCUT2D eigenvalue weighted by atomic mass is 9.95. The van der Waals surface area contributed by atoms with Crippen LogP contribution in [0, 0.1) is 0 Å². The Kier molecular flexibility index (Phi) is 4.09. The fourth-order valence-electron chi connectivity index (χ4n) is 3.47. The van der Waals surface area contributed by atoms with Crippen LogP contribution in [0.25, 0.3) is 16.6 Å². The van der Waals surface area contributed by atoms with E-state index in [9.17, 15) is 10.0 Å². The predicted octanol–water partition coefficient (Wildman–Crippen LogP) is 2.61. The Morgan fingerprint density at radius 1 is 1.20 bits per heavy atom. The monoisotopic (exact) mass is 337 g/mol. The van der Waals surface area contributed by atoms with E-state index in [1.54, 1.807) is 16.9 Å². The third-order valence-corrected chi connectivity index (χ3v) is 4.77. The van der Waals surface area contributed by atoms with Crippen LogP contribution in [0.5, 0.6) is 0 Å². The Hall–Kier alpha value is -2.89. The first-order valence-corrected chi connectivity index (χ1v) is 8.71. The summed E-state index contributed by atoms with van der Waals surface area (Å²) >= 11 is 0. The fourth-order valence-corrected chi connectivity index (χ4v) is 3.47. The molecule has 0 radical (unpaired) electrons. The third-order valence-electron chi connectivity index (χ3n) is 4.77. The molecule has 0 bridgehead atoms. The van der Waals surface area contributed by atoms with Gasteiger partial charge in [0.25, 0.3) is 5.91 Å². The van der Waals surface area contributed by atoms with Gasteiger partial charge in [-0.25, -0.2) is 4.68 Å². The van der Waals surface area contributed by atoms with Gasteiger partial charge >= 0.3 is 0 Å². The molecule has 0 atom stereocenters. The van der Waals surface area contributed by atoms with Gasteiger partial charge in [-0.05, 0) is 31.0 Å². The topological polar surface area (TPSA) is 71.0 Å². The smallest absolute Gasteiger partial charge is 0.252 e. The first kappa shape index (κ1) is 15.6. The number of pyridine rings is 1. The van der Waals surface area contributed by atoms with Crippen molar-refractivity contribution in [1.82, 2.24) is 15.1 Å². The maximum Gasteiger partial charge on any atom is 0.252 e. The number of fused-ring (bicyclic) bond motifs is 1. The van der Waals surface area contributed by atoms with Crippen molar-refractivity contribution in [2.75, 3.05) is 0 Å². The number of hydrogen-bond acceptors (Lipinski definition) is 3. The molecular formula is C19H21N4O2+. The SMILES string of the molecule is O=C(NC1CCCCC1)c1cccc2nn(-c3ccc[n+](O)c3)cc12. The van der Waals surface area contributed by atoms with Gasteiger partial charge in [-0.1, -0.05) is 25.3 Å². The van der Waals surface area contributed by atoms with E-state index < -0.39 is 0 Å². The van der Waals surface area contributed by atoms with Gasteiger partial charge in [-0.3, -0.25) is 10.0 Å². The average molecular weight is 337 g/mol. The van der Waals surface area contributed by atoms with Crippen LogP contribution in [0.4, 0.5) is 0 Å². The summed E-state index contributed by atoms with van der Waals surface area (Å²) in [6.07, 6.45) is 10.7. The zero-order chi connectivity index (χ0) is 17.2. The summed E-state index contributed by atoms with van der Waals surface area (Å²) in [6.45, 7) is 0. The zero-order valence-electron chi connectivity index (χ0n) is 13.9. The molecule has 0 unspecified atom stereocenters. The molecular weight excluding hydrogens is 316 g/mol. The second-order valence-electron chi connectivity index (χ2n) is 6.56. The van der Waals surface area contributed by atoms with Crippen molar-refractivity contribution >= 4 is 16.8 Å². The normalized spacial score (nSPS) is 15.4. The van der Waals surface area contributed by atoms with E-state index in [4.69, 9.17) is 0 Å². The number of nitrogens with zero attached hydrogens (tertiary/aromatic N) is 3. The largest absolute Gasteiger partial charge is 0.349 e. The van der Waals surface area contributed by atoms with Crippen LogP contribution in [-0.4, -0.2) is 26.9 Å². The summed E-state index contributed by atoms with van der Waals surface area (Å²) in [7, 11) is 0. The maximum atomic E-state index is 12.7. The molecule has 2 aromatic heterocycles. The standard InChI is InChI=1S/C19H20N4O2/c24-19(20-14-6-2-1-3-7-14)16-9-4-10-18-17(16)13-23(21-18)15-8-5-11-22(25)12-15/h4-5,8-14H,1-3,6-7H2,(H-,20,24,25)/p+1. The molecule has 3 aromatic rings. The molecule has 1 saturated carbocycles. The van der Waals surface area contributed by atoms with E-state index in [1.807, 2.05) is 30.5 Å². The minimum Gasteiger partial charge on any atom is -0.349 e. The van der Waals surface area contributed by atoms with Crippen molar-refractivity contribution in [3.63, 3.8) is 0 Å². The van der Waals surface area contributed by atoms with Crippen LogP contribution in [0.2, 0.25) is 0 Å². The van der Waals surface area contributed by atoms with Crippen LogP contribution >= 0.6 is 0 Å². The molecule has 4 rings (SSSR count). The van der Waals surface area contributed by atoms with Crippen molar-refractivity contribution in [3.05, 3.63) is 54.5 Å². The van der Waals surface area contributed by atoms with Crippen molar-refractivity contribution in [2.24, 2.45) is 0 Å². The summed E-state index contributed by atoms with van der Waals surface area (Å²) in [5, 5.41) is 18.1. The van der Waals surface area contributed by atoms with Gasteiger partial charge < -0.3 is 5.32 Å². The number of nitrogens with one attached hydrogen (secondary N) is 1. The highest BCUT2D eigenvalue weighted by Crippen LogP contribution is 2.22. The van der Waals surface area contributed by atoms with Gasteiger partial charge in [0.05, 0.1) is 11.1 Å². The van der Waals surface area contributed by atoms with Crippen molar-refractivity contribution < 1.29 is 14.7 Å². The molecule has 2 heterocycles. The van der Waals surface area contributed by atoms with Crippen LogP contribution in [0.3, 0.4) is 0 Å². The van der Waals surface area contributed by atoms with Gasteiger partial charge in [0.2, 0.25) is 12.4 Å². The highest BCUT2D eigenvalue weighted by atomic mass is 16.5. The molecule has 1 aliphatic rings. The Labute approximate surface area is 145 Å². The summed E-state index contributed by atoms with van der Waals surface area (Å²) in [5.74, 6) is -0.0395. The number of hydrogen-bond donors (Lipinski definition) is 2. The molecule has 1 fully saturated rings. The van der Waals surface area contributed by atoms with Gasteiger partial charge in [-0.15, -0.1) is 0 Å². The van der Waals surface area contributed by atoms with Crippen LogP contribution in [0.15, 0.2) is 48.9 Å². The highest BCUT2D eigenvalue weighted by Gasteiger charge is 2.19. The zero-order valence-corrected chi connectivity index (χ0v) is 13.9. The molecule has 1 aliphatic carbocycles. The third kappa shape index (κ3) is 3.20. The van der Waals surface area contributed by atoms with Gasteiger partial charge in [-0.2, -0.15) is 5.10 Å². The van der Waals surface area contributed by atoms with Crippen LogP contribution in [0.1, 0.15) is 42.5 Å². The molecule has 6 heteroatoms. The lowest BCUT2D eigenvalue weighted by molar-refractivity contribution is -0.904. The van der Waals surface area contributed by atoms with Crippen LogP contribution in [-0.2, 0) is 0 Å². The minimum absolute atomic E-state index is 0.0395. The number of carbonyl (C=O) groups excluding carboxylic acids is 1. The average Bonchev–Trinajstić information content (AvgIpc) is 3.07. The van der Waals surface area contributed by atoms with Crippen molar-refractivity contribution in [3.8, 4) is 5.69 Å². The molecule has 0 aliphatic heterocycles. The molecule has 1 amide bonds. The van der Waals surface area contributed by atoms with E-state index in [-0.39, 0.29) is 11.9 Å². The van der Waals surface area contributed by atoms with E-state index in [0.717, 1.165) is 34.2 Å². The van der Waals surface area contributed by atoms with Crippen molar-refractivity contribution in [1.29, 1.82) is 0 Å². The van der Waals surface area contributed by atoms with Gasteiger partial charge in [0, 0.05) is 28.4 Å². The highest BCUT2D eigenvalue weighted by molar-refractivity contribution is 6.06. The van der Waals surface area contributed by atoms with E-state index >= 15 is 0 Å². The predicted molar refractivity (Wildman–Crippen MR) is 92.8 cm³/mol. The molecule has 6 nitrogen and oxygen atoms in total. The Morgan fingerprint density at radius 2 is 2.04 bits per heavy atom. The van der Waals surface area contributed by atoms with Gasteiger partial charge in [0.1, 0.15) is 5.69 Å². The maximum absolute atomic E-state index is 12.7. The molecule has 0 saturated heterocycles. The Bertz CT molecular complexity index is 913. The number of carbonyl (C=O) groups is 1. The number of rotatable bonds is 3. The van der Waals surface area contributed by atoms with E-state index in [2.05, 4.69) is 10.4 Å². The molecule has 0 spiro atoms. The second kappa shape index (κ2) is 6.55. The summed E-state index contributed by atoms with van der Waals surface area (Å²) in [6, 6.07) is 9.43. The lowest BCUT2D eigenvalue weighted by Crippen LogP contribution is -2.36. The molecule has 128 valence electrons. The quantitative estimate of drug-likeness (QED) is 0.570. The minimum atomic E-state index is -0.0395. The molecule has 25 heavy (non-hydrogen) atoms. The molecule has 1 aromatic carbocycles. The first-order chi connectivity index (χ1) is 12.2. The number of aromatic nitrogens is 3. The van der Waals surface area contributed by atoms with Crippen LogP contribution < -0.4 is 10.0 Å². The first-order valence-electron chi connectivity index (χ1n) is 8.71. The van der Waals surface area contributed by atoms with E-state index in [1.165, 1.54) is 25.5 Å². The van der Waals surface area contributed by atoms with E-state index in [0.29, 0.717) is 5.56 Å². The fraction of sp³-hybridized carbons (Fsp3) is 0.316. The number of amides is 1. The molecule has 2 N–H and O–H groups in total. The van der Waals surface area contributed by atoms with Crippen molar-refractivity contribution in [2.45, 2.75) is 38.1 Å². The summed E-state index contributed by atoms with van der Waals surface area (Å²) in [5.41, 5.74) is 2.12. The number of benzene rings is 1. The second-order valence-corrected chi connectivity index (χ2v) is 6.56.